The molecule has 0 fully saturated rings. The molecule has 0 saturated carbocycles. The maximum atomic E-state index is 6.04. The van der Waals surface area contributed by atoms with Crippen molar-refractivity contribution in [2.45, 2.75) is 33.7 Å². The summed E-state index contributed by atoms with van der Waals surface area (Å²) in [5.41, 5.74) is 3.15. The van der Waals surface area contributed by atoms with Crippen LogP contribution in [0.4, 0.5) is 0 Å². The minimum absolute atomic E-state index is 0.321. The van der Waals surface area contributed by atoms with Gasteiger partial charge < -0.3 is 10.1 Å². The zero-order valence-electron chi connectivity index (χ0n) is 13.2. The van der Waals surface area contributed by atoms with E-state index in [4.69, 9.17) is 4.74 Å². The van der Waals surface area contributed by atoms with Gasteiger partial charge in [-0.05, 0) is 60.9 Å². The smallest absolute Gasteiger partial charge is 0.171 e. The van der Waals surface area contributed by atoms with Gasteiger partial charge in [-0.15, -0.1) is 0 Å². The molecule has 2 rings (SSSR count). The lowest BCUT2D eigenvalue weighted by atomic mass is 10.1. The SMILES string of the molecule is CCNC(C)c1ccc(Oc2c(C)nn(C)c2C)c(Br)c1. The topological polar surface area (TPSA) is 39.1 Å². The molecule has 0 radical (unpaired) electrons. The molecule has 0 amide bonds. The van der Waals surface area contributed by atoms with Gasteiger partial charge in [0.05, 0.1) is 10.2 Å². The van der Waals surface area contributed by atoms with Crippen LogP contribution in [-0.4, -0.2) is 16.3 Å². The molecule has 5 heteroatoms. The van der Waals surface area contributed by atoms with Crippen molar-refractivity contribution in [2.24, 2.45) is 7.05 Å². The molecule has 1 aromatic carbocycles. The van der Waals surface area contributed by atoms with E-state index in [2.05, 4.69) is 52.3 Å². The standard InChI is InChI=1S/C16H22BrN3O/c1-6-18-10(2)13-7-8-15(14(17)9-13)21-16-11(3)19-20(5)12(16)4/h7-10,18H,6H2,1-5H3. The molecule has 2 aromatic rings. The number of halogens is 1. The quantitative estimate of drug-likeness (QED) is 0.874. The lowest BCUT2D eigenvalue weighted by molar-refractivity contribution is 0.470. The van der Waals surface area contributed by atoms with Gasteiger partial charge in [-0.25, -0.2) is 0 Å². The Hall–Kier alpha value is -1.33. The van der Waals surface area contributed by atoms with E-state index in [0.717, 1.165) is 33.9 Å². The van der Waals surface area contributed by atoms with Gasteiger partial charge in [-0.2, -0.15) is 5.10 Å². The monoisotopic (exact) mass is 351 g/mol. The average molecular weight is 352 g/mol. The van der Waals surface area contributed by atoms with Gasteiger partial charge in [0.15, 0.2) is 5.75 Å². The third-order valence-corrected chi connectivity index (χ3v) is 4.24. The van der Waals surface area contributed by atoms with E-state index in [1.165, 1.54) is 5.56 Å². The van der Waals surface area contributed by atoms with E-state index in [1.54, 1.807) is 0 Å². The zero-order valence-corrected chi connectivity index (χ0v) is 14.8. The van der Waals surface area contributed by atoms with E-state index in [-0.39, 0.29) is 0 Å². The Balaban J connectivity index is 2.25. The zero-order chi connectivity index (χ0) is 15.6. The Bertz CT molecular complexity index is 637. The molecule has 114 valence electrons. The number of hydrogen-bond donors (Lipinski definition) is 1. The molecule has 0 spiro atoms. The van der Waals surface area contributed by atoms with Crippen LogP contribution >= 0.6 is 15.9 Å². The first-order chi connectivity index (χ1) is 9.93. The summed E-state index contributed by atoms with van der Waals surface area (Å²) in [5, 5.41) is 7.78. The first-order valence-electron chi connectivity index (χ1n) is 7.15. The van der Waals surface area contributed by atoms with Crippen LogP contribution in [0.3, 0.4) is 0 Å². The first-order valence-corrected chi connectivity index (χ1v) is 7.94. The van der Waals surface area contributed by atoms with Crippen LogP contribution in [0.15, 0.2) is 22.7 Å². The number of benzene rings is 1. The van der Waals surface area contributed by atoms with Crippen molar-refractivity contribution in [3.05, 3.63) is 39.6 Å². The molecular weight excluding hydrogens is 330 g/mol. The van der Waals surface area contributed by atoms with Crippen molar-refractivity contribution >= 4 is 15.9 Å². The molecule has 1 N–H and O–H groups in total. The van der Waals surface area contributed by atoms with Gasteiger partial charge >= 0.3 is 0 Å². The van der Waals surface area contributed by atoms with E-state index in [9.17, 15) is 0 Å². The van der Waals surface area contributed by atoms with E-state index in [1.807, 2.05) is 31.6 Å². The van der Waals surface area contributed by atoms with E-state index >= 15 is 0 Å². The number of hydrogen-bond acceptors (Lipinski definition) is 3. The van der Waals surface area contributed by atoms with Crippen molar-refractivity contribution in [1.29, 1.82) is 0 Å². The highest BCUT2D eigenvalue weighted by atomic mass is 79.9. The maximum Gasteiger partial charge on any atom is 0.171 e. The largest absolute Gasteiger partial charge is 0.452 e. The van der Waals surface area contributed by atoms with Crippen LogP contribution in [0, 0.1) is 13.8 Å². The highest BCUT2D eigenvalue weighted by Crippen LogP contribution is 2.34. The Morgan fingerprint density at radius 2 is 2.10 bits per heavy atom. The molecule has 21 heavy (non-hydrogen) atoms. The third kappa shape index (κ3) is 3.47. The first kappa shape index (κ1) is 16.0. The Kier molecular flexibility index (Phi) is 5.06. The average Bonchev–Trinajstić information content (AvgIpc) is 2.67. The molecule has 1 unspecified atom stereocenters. The number of aryl methyl sites for hydroxylation is 2. The summed E-state index contributed by atoms with van der Waals surface area (Å²) in [6.07, 6.45) is 0. The van der Waals surface area contributed by atoms with Crippen molar-refractivity contribution < 1.29 is 4.74 Å². The van der Waals surface area contributed by atoms with Gasteiger partial charge in [-0.1, -0.05) is 13.0 Å². The molecule has 0 saturated heterocycles. The Labute approximate surface area is 134 Å². The second-order valence-corrected chi connectivity index (χ2v) is 6.05. The highest BCUT2D eigenvalue weighted by molar-refractivity contribution is 9.10. The van der Waals surface area contributed by atoms with Crippen LogP contribution in [0.1, 0.15) is 36.8 Å². The molecular formula is C16H22BrN3O. The Morgan fingerprint density at radius 3 is 2.62 bits per heavy atom. The van der Waals surface area contributed by atoms with Crippen LogP contribution in [-0.2, 0) is 7.05 Å². The van der Waals surface area contributed by atoms with Gasteiger partial charge in [0, 0.05) is 13.1 Å². The van der Waals surface area contributed by atoms with Crippen molar-refractivity contribution in [1.82, 2.24) is 15.1 Å². The normalized spacial score (nSPS) is 12.5. The number of nitrogens with zero attached hydrogens (tertiary/aromatic N) is 2. The molecule has 1 aromatic heterocycles. The summed E-state index contributed by atoms with van der Waals surface area (Å²) in [7, 11) is 1.92. The van der Waals surface area contributed by atoms with Crippen molar-refractivity contribution in [3.8, 4) is 11.5 Å². The molecule has 0 bridgehead atoms. The number of aromatic nitrogens is 2. The summed E-state index contributed by atoms with van der Waals surface area (Å²) in [6, 6.07) is 6.51. The molecule has 4 nitrogen and oxygen atoms in total. The predicted octanol–water partition coefficient (Wildman–Crippen LogP) is 4.26. The number of ether oxygens (including phenoxy) is 1. The molecule has 0 aliphatic rings. The fraction of sp³-hybridized carbons (Fsp3) is 0.438. The van der Waals surface area contributed by atoms with Crippen LogP contribution in [0.5, 0.6) is 11.5 Å². The van der Waals surface area contributed by atoms with E-state index < -0.39 is 0 Å². The van der Waals surface area contributed by atoms with E-state index in [0.29, 0.717) is 6.04 Å². The van der Waals surface area contributed by atoms with Gasteiger partial charge in [0.1, 0.15) is 11.4 Å². The van der Waals surface area contributed by atoms with Crippen molar-refractivity contribution in [3.63, 3.8) is 0 Å². The van der Waals surface area contributed by atoms with Gasteiger partial charge in [-0.3, -0.25) is 4.68 Å². The summed E-state index contributed by atoms with van der Waals surface area (Å²) in [4.78, 5) is 0. The number of rotatable bonds is 5. The highest BCUT2D eigenvalue weighted by Gasteiger charge is 2.14. The molecule has 0 aliphatic carbocycles. The second kappa shape index (κ2) is 6.62. The minimum atomic E-state index is 0.321. The maximum absolute atomic E-state index is 6.04. The minimum Gasteiger partial charge on any atom is -0.452 e. The fourth-order valence-electron chi connectivity index (χ4n) is 2.31. The van der Waals surface area contributed by atoms with Gasteiger partial charge in [0.2, 0.25) is 0 Å². The summed E-state index contributed by atoms with van der Waals surface area (Å²) >= 11 is 3.60. The lowest BCUT2D eigenvalue weighted by Gasteiger charge is -2.15. The van der Waals surface area contributed by atoms with Crippen LogP contribution < -0.4 is 10.1 Å². The Morgan fingerprint density at radius 1 is 1.38 bits per heavy atom. The van der Waals surface area contributed by atoms with Crippen LogP contribution in [0.25, 0.3) is 0 Å². The fourth-order valence-corrected chi connectivity index (χ4v) is 2.78. The summed E-state index contributed by atoms with van der Waals surface area (Å²) in [5.74, 6) is 1.63. The van der Waals surface area contributed by atoms with Crippen molar-refractivity contribution in [2.75, 3.05) is 6.54 Å². The lowest BCUT2D eigenvalue weighted by Crippen LogP contribution is -2.17. The van der Waals surface area contributed by atoms with Crippen LogP contribution in [0.2, 0.25) is 0 Å². The van der Waals surface area contributed by atoms with Gasteiger partial charge in [0.25, 0.3) is 0 Å². The summed E-state index contributed by atoms with van der Waals surface area (Å²) in [6.45, 7) is 9.17. The summed E-state index contributed by atoms with van der Waals surface area (Å²) < 4.78 is 8.82. The molecule has 1 heterocycles. The number of nitrogens with one attached hydrogen (secondary N) is 1. The predicted molar refractivity (Wildman–Crippen MR) is 89.0 cm³/mol. The second-order valence-electron chi connectivity index (χ2n) is 5.19. The third-order valence-electron chi connectivity index (χ3n) is 3.62. The molecule has 0 aliphatic heterocycles. The molecule has 1 atom stereocenters.